The Morgan fingerprint density at radius 2 is 1.44 bits per heavy atom. The van der Waals surface area contributed by atoms with Crippen LogP contribution in [-0.2, 0) is 27.5 Å². The van der Waals surface area contributed by atoms with Crippen LogP contribution in [0.4, 0.5) is 0 Å². The Morgan fingerprint density at radius 3 is 1.85 bits per heavy atom. The summed E-state index contributed by atoms with van der Waals surface area (Å²) < 4.78 is 12.0. The third-order valence-corrected chi connectivity index (χ3v) is 4.50. The lowest BCUT2D eigenvalue weighted by atomic mass is 9.78. The second-order valence-corrected chi connectivity index (χ2v) is 7.16. The molecule has 0 aliphatic heterocycles. The Bertz CT molecular complexity index is 658. The largest absolute Gasteiger partial charge is 0.376 e. The maximum absolute atomic E-state index is 11.2. The number of carbonyl (C=O) groups excluding carboxylic acids is 1. The predicted molar refractivity (Wildman–Crippen MR) is 108 cm³/mol. The van der Waals surface area contributed by atoms with Crippen LogP contribution in [0.15, 0.2) is 60.7 Å². The molecule has 142 valence electrons. The number of terminal acetylenes is 1. The Kier molecular flexibility index (Phi) is 8.77. The molecule has 1 atom stereocenters. The first-order chi connectivity index (χ1) is 13.2. The van der Waals surface area contributed by atoms with Gasteiger partial charge in [0.1, 0.15) is 6.29 Å². The standard InChI is InChI=1S/C24H28O3/c1-3-14-24(15-21(2)16-25,19-26-17-22-10-6-4-7-11-22)20-27-18-23-12-8-5-9-13-23/h1,4-13,16,21H,14-15,17-20H2,2H3. The van der Waals surface area contributed by atoms with E-state index >= 15 is 0 Å². The van der Waals surface area contributed by atoms with E-state index in [0.717, 1.165) is 17.4 Å². The van der Waals surface area contributed by atoms with Crippen molar-refractivity contribution >= 4 is 6.29 Å². The van der Waals surface area contributed by atoms with Crippen molar-refractivity contribution < 1.29 is 14.3 Å². The monoisotopic (exact) mass is 364 g/mol. The molecular weight excluding hydrogens is 336 g/mol. The molecule has 0 amide bonds. The second kappa shape index (κ2) is 11.3. The molecule has 0 aromatic heterocycles. The van der Waals surface area contributed by atoms with Gasteiger partial charge in [-0.25, -0.2) is 0 Å². The van der Waals surface area contributed by atoms with Crippen molar-refractivity contribution in [1.82, 2.24) is 0 Å². The Labute approximate surface area is 162 Å². The number of aldehydes is 1. The molecule has 3 heteroatoms. The van der Waals surface area contributed by atoms with E-state index in [1.807, 2.05) is 67.6 Å². The minimum absolute atomic E-state index is 0.0981. The first kappa shape index (κ1) is 20.9. The van der Waals surface area contributed by atoms with Crippen molar-refractivity contribution in [3.05, 3.63) is 71.8 Å². The average Bonchev–Trinajstić information content (AvgIpc) is 2.70. The summed E-state index contributed by atoms with van der Waals surface area (Å²) in [5.74, 6) is 2.66. The molecule has 2 aromatic carbocycles. The Balaban J connectivity index is 2.00. The highest BCUT2D eigenvalue weighted by atomic mass is 16.5. The summed E-state index contributed by atoms with van der Waals surface area (Å²) in [6, 6.07) is 20.0. The molecule has 2 aromatic rings. The molecule has 3 nitrogen and oxygen atoms in total. The van der Waals surface area contributed by atoms with E-state index < -0.39 is 0 Å². The van der Waals surface area contributed by atoms with E-state index in [-0.39, 0.29) is 11.3 Å². The van der Waals surface area contributed by atoms with Gasteiger partial charge in [0.2, 0.25) is 0 Å². The first-order valence-electron chi connectivity index (χ1n) is 9.29. The predicted octanol–water partition coefficient (Wildman–Crippen LogP) is 4.65. The molecule has 0 N–H and O–H groups in total. The maximum atomic E-state index is 11.2. The van der Waals surface area contributed by atoms with Crippen molar-refractivity contribution in [3.63, 3.8) is 0 Å². The van der Waals surface area contributed by atoms with Crippen molar-refractivity contribution in [2.75, 3.05) is 13.2 Å². The quantitative estimate of drug-likeness (QED) is 0.406. The molecule has 1 unspecified atom stereocenters. The average molecular weight is 364 g/mol. The van der Waals surface area contributed by atoms with Crippen LogP contribution in [0.2, 0.25) is 0 Å². The Hall–Kier alpha value is -2.41. The highest BCUT2D eigenvalue weighted by Gasteiger charge is 2.32. The molecule has 0 aliphatic carbocycles. The zero-order chi connectivity index (χ0) is 19.4. The maximum Gasteiger partial charge on any atom is 0.122 e. The van der Waals surface area contributed by atoms with Crippen LogP contribution >= 0.6 is 0 Å². The summed E-state index contributed by atoms with van der Waals surface area (Å²) in [7, 11) is 0. The van der Waals surface area contributed by atoms with Gasteiger partial charge in [0.05, 0.1) is 26.4 Å². The van der Waals surface area contributed by atoms with Crippen LogP contribution in [0.3, 0.4) is 0 Å². The van der Waals surface area contributed by atoms with Crippen molar-refractivity contribution in [1.29, 1.82) is 0 Å². The Morgan fingerprint density at radius 1 is 0.963 bits per heavy atom. The van der Waals surface area contributed by atoms with Crippen LogP contribution in [0, 0.1) is 23.7 Å². The summed E-state index contributed by atoms with van der Waals surface area (Å²) in [4.78, 5) is 11.2. The molecule has 0 saturated carbocycles. The molecular formula is C24H28O3. The van der Waals surface area contributed by atoms with Gasteiger partial charge in [0.15, 0.2) is 0 Å². The molecule has 0 aliphatic rings. The van der Waals surface area contributed by atoms with Crippen LogP contribution < -0.4 is 0 Å². The minimum atomic E-state index is -0.376. The third kappa shape index (κ3) is 7.38. The van der Waals surface area contributed by atoms with Crippen LogP contribution in [0.1, 0.15) is 30.9 Å². The fourth-order valence-electron chi connectivity index (χ4n) is 3.20. The smallest absolute Gasteiger partial charge is 0.122 e. The molecule has 0 bridgehead atoms. The van der Waals surface area contributed by atoms with Gasteiger partial charge in [-0.2, -0.15) is 0 Å². The lowest BCUT2D eigenvalue weighted by Gasteiger charge is -2.33. The lowest BCUT2D eigenvalue weighted by Crippen LogP contribution is -2.34. The summed E-state index contributed by atoms with van der Waals surface area (Å²) in [6.07, 6.45) is 7.77. The van der Waals surface area contributed by atoms with Gasteiger partial charge in [0.25, 0.3) is 0 Å². The lowest BCUT2D eigenvalue weighted by molar-refractivity contribution is -0.113. The zero-order valence-electron chi connectivity index (χ0n) is 16.0. The summed E-state index contributed by atoms with van der Waals surface area (Å²) in [5, 5.41) is 0. The van der Waals surface area contributed by atoms with Crippen LogP contribution in [0.5, 0.6) is 0 Å². The van der Waals surface area contributed by atoms with Gasteiger partial charge in [-0.1, -0.05) is 67.6 Å². The van der Waals surface area contributed by atoms with Gasteiger partial charge < -0.3 is 14.3 Å². The van der Waals surface area contributed by atoms with Gasteiger partial charge in [-0.3, -0.25) is 0 Å². The highest BCUT2D eigenvalue weighted by Crippen LogP contribution is 2.31. The molecule has 2 rings (SSSR count). The molecule has 27 heavy (non-hydrogen) atoms. The van der Waals surface area contributed by atoms with Crippen LogP contribution in [0.25, 0.3) is 0 Å². The van der Waals surface area contributed by atoms with Crippen LogP contribution in [-0.4, -0.2) is 19.5 Å². The topological polar surface area (TPSA) is 35.5 Å². The highest BCUT2D eigenvalue weighted by molar-refractivity contribution is 5.52. The van der Waals surface area contributed by atoms with Crippen molar-refractivity contribution in [2.45, 2.75) is 33.0 Å². The van der Waals surface area contributed by atoms with Gasteiger partial charge >= 0.3 is 0 Å². The molecule has 0 spiro atoms. The van der Waals surface area contributed by atoms with Gasteiger partial charge in [-0.15, -0.1) is 12.3 Å². The van der Waals surface area contributed by atoms with E-state index in [4.69, 9.17) is 15.9 Å². The third-order valence-electron chi connectivity index (χ3n) is 4.50. The second-order valence-electron chi connectivity index (χ2n) is 7.16. The van der Waals surface area contributed by atoms with Gasteiger partial charge in [-0.05, 0) is 17.5 Å². The van der Waals surface area contributed by atoms with E-state index in [2.05, 4.69) is 5.92 Å². The number of hydrogen-bond donors (Lipinski definition) is 0. The van der Waals surface area contributed by atoms with Gasteiger partial charge in [0, 0.05) is 17.8 Å². The number of benzene rings is 2. The molecule has 0 radical (unpaired) electrons. The van der Waals surface area contributed by atoms with Crippen molar-refractivity contribution in [3.8, 4) is 12.3 Å². The van der Waals surface area contributed by atoms with E-state index in [9.17, 15) is 4.79 Å². The first-order valence-corrected chi connectivity index (χ1v) is 9.29. The molecule has 0 heterocycles. The fourth-order valence-corrected chi connectivity index (χ4v) is 3.20. The summed E-state index contributed by atoms with van der Waals surface area (Å²) in [5.41, 5.74) is 1.85. The van der Waals surface area contributed by atoms with E-state index in [1.165, 1.54) is 0 Å². The molecule has 0 saturated heterocycles. The summed E-state index contributed by atoms with van der Waals surface area (Å²) >= 11 is 0. The molecule has 0 fully saturated rings. The number of rotatable bonds is 12. The SMILES string of the molecule is C#CCC(COCc1ccccc1)(COCc1ccccc1)CC(C)C=O. The van der Waals surface area contributed by atoms with E-state index in [1.54, 1.807) is 0 Å². The fraction of sp³-hybridized carbons (Fsp3) is 0.375. The van der Waals surface area contributed by atoms with E-state index in [0.29, 0.717) is 39.3 Å². The van der Waals surface area contributed by atoms with Crippen molar-refractivity contribution in [2.24, 2.45) is 11.3 Å². The summed E-state index contributed by atoms with van der Waals surface area (Å²) in [6.45, 7) is 3.85. The normalized spacial score (nSPS) is 12.3. The number of carbonyl (C=O) groups is 1. The number of ether oxygens (including phenoxy) is 2. The number of hydrogen-bond acceptors (Lipinski definition) is 3. The minimum Gasteiger partial charge on any atom is -0.376 e. The zero-order valence-corrected chi connectivity index (χ0v) is 16.0.